The predicted octanol–water partition coefficient (Wildman–Crippen LogP) is 6.54. The zero-order chi connectivity index (χ0) is 26.9. The maximum Gasteiger partial charge on any atom is 0.416 e. The molecule has 1 fully saturated rings. The van der Waals surface area contributed by atoms with Gasteiger partial charge < -0.3 is 16.0 Å². The van der Waals surface area contributed by atoms with Crippen molar-refractivity contribution in [2.75, 3.05) is 25.0 Å². The summed E-state index contributed by atoms with van der Waals surface area (Å²) in [7, 11) is 0. The normalized spacial score (nSPS) is 26.0. The van der Waals surface area contributed by atoms with Crippen molar-refractivity contribution in [2.45, 2.75) is 50.7 Å². The van der Waals surface area contributed by atoms with Gasteiger partial charge in [-0.1, -0.05) is 42.0 Å². The van der Waals surface area contributed by atoms with E-state index in [0.29, 0.717) is 31.6 Å². The SMILES string of the molecule is Cc1ccc(C(=O)N(CCCN)C[C@@H]2C[C@@H]3[C@H](C2)c2cc(C(F)(F)F)ccc2N[C@H]3C2C=CC=CC2)cc1. The van der Waals surface area contributed by atoms with Gasteiger partial charge in [0.15, 0.2) is 0 Å². The minimum absolute atomic E-state index is 0.0110. The number of carbonyl (C=O) groups excluding carboxylic acids is 1. The number of allylic oxidation sites excluding steroid dienone is 3. The van der Waals surface area contributed by atoms with Crippen LogP contribution in [0.2, 0.25) is 0 Å². The molecular weight excluding hydrogens is 487 g/mol. The van der Waals surface area contributed by atoms with Gasteiger partial charge in [0.05, 0.1) is 5.56 Å². The molecule has 38 heavy (non-hydrogen) atoms. The molecule has 0 bridgehead atoms. The van der Waals surface area contributed by atoms with Gasteiger partial charge in [-0.25, -0.2) is 0 Å². The summed E-state index contributed by atoms with van der Waals surface area (Å²) in [5.74, 6) is 0.689. The number of hydrogen-bond donors (Lipinski definition) is 2. The lowest BCUT2D eigenvalue weighted by atomic mass is 9.73. The van der Waals surface area contributed by atoms with Crippen molar-refractivity contribution < 1.29 is 18.0 Å². The van der Waals surface area contributed by atoms with Crippen LogP contribution < -0.4 is 11.1 Å². The lowest BCUT2D eigenvalue weighted by molar-refractivity contribution is -0.137. The first-order valence-corrected chi connectivity index (χ1v) is 13.6. The Bertz CT molecular complexity index is 1200. The second kappa shape index (κ2) is 11.0. The molecule has 2 aromatic carbocycles. The average Bonchev–Trinajstić information content (AvgIpc) is 3.34. The standard InChI is InChI=1S/C31H36F3N3O/c1-20-8-10-23(11-9-20)30(38)37(15-5-14-35)19-21-16-25-26-18-24(31(32,33)34)12-13-28(26)36-29(27(25)17-21)22-6-3-2-4-7-22/h2-4,6,8-13,18,21-22,25,27,29,36H,5,7,14-17,19,35H2,1H3/t21-,22?,25+,27+,29-/m0/s1. The Morgan fingerprint density at radius 1 is 1.11 bits per heavy atom. The smallest absolute Gasteiger partial charge is 0.381 e. The number of carbonyl (C=O) groups is 1. The van der Waals surface area contributed by atoms with Crippen molar-refractivity contribution >= 4 is 11.6 Å². The Kier molecular flexibility index (Phi) is 7.66. The minimum Gasteiger partial charge on any atom is -0.381 e. The van der Waals surface area contributed by atoms with Gasteiger partial charge in [-0.05, 0) is 92.8 Å². The Labute approximate surface area is 222 Å². The van der Waals surface area contributed by atoms with Gasteiger partial charge in [-0.3, -0.25) is 4.79 Å². The summed E-state index contributed by atoms with van der Waals surface area (Å²) in [5, 5.41) is 3.63. The number of nitrogens with zero attached hydrogens (tertiary/aromatic N) is 1. The van der Waals surface area contributed by atoms with Crippen LogP contribution in [-0.2, 0) is 6.18 Å². The number of nitrogens with one attached hydrogen (secondary N) is 1. The van der Waals surface area contributed by atoms with Crippen LogP contribution in [0.25, 0.3) is 0 Å². The van der Waals surface area contributed by atoms with Crippen molar-refractivity contribution in [1.82, 2.24) is 4.90 Å². The average molecular weight is 524 g/mol. The second-order valence-electron chi connectivity index (χ2n) is 11.0. The van der Waals surface area contributed by atoms with Crippen molar-refractivity contribution in [3.8, 4) is 0 Å². The van der Waals surface area contributed by atoms with Crippen LogP contribution in [0.4, 0.5) is 18.9 Å². The molecule has 1 saturated carbocycles. The monoisotopic (exact) mass is 523 g/mol. The molecule has 7 heteroatoms. The number of alkyl halides is 3. The quantitative estimate of drug-likeness (QED) is 0.433. The Morgan fingerprint density at radius 2 is 1.89 bits per heavy atom. The van der Waals surface area contributed by atoms with E-state index >= 15 is 0 Å². The first-order valence-electron chi connectivity index (χ1n) is 13.6. The molecule has 0 aromatic heterocycles. The van der Waals surface area contributed by atoms with E-state index in [9.17, 15) is 18.0 Å². The predicted molar refractivity (Wildman–Crippen MR) is 145 cm³/mol. The summed E-state index contributed by atoms with van der Waals surface area (Å²) < 4.78 is 40.9. The first-order chi connectivity index (χ1) is 18.2. The Balaban J connectivity index is 1.42. The fraction of sp³-hybridized carbons (Fsp3) is 0.452. The summed E-state index contributed by atoms with van der Waals surface area (Å²) in [6, 6.07) is 11.9. The molecule has 1 amide bonds. The van der Waals surface area contributed by atoms with Gasteiger partial charge in [-0.15, -0.1) is 0 Å². The van der Waals surface area contributed by atoms with Crippen LogP contribution in [0.5, 0.6) is 0 Å². The molecule has 202 valence electrons. The van der Waals surface area contributed by atoms with Crippen LogP contribution in [0.3, 0.4) is 0 Å². The van der Waals surface area contributed by atoms with E-state index in [1.165, 1.54) is 12.1 Å². The second-order valence-corrected chi connectivity index (χ2v) is 11.0. The lowest BCUT2D eigenvalue weighted by Crippen LogP contribution is -2.41. The van der Waals surface area contributed by atoms with Crippen molar-refractivity contribution in [1.29, 1.82) is 0 Å². The van der Waals surface area contributed by atoms with Gasteiger partial charge in [0.1, 0.15) is 0 Å². The van der Waals surface area contributed by atoms with Crippen LogP contribution in [-0.4, -0.2) is 36.5 Å². The molecule has 5 atom stereocenters. The highest BCUT2D eigenvalue weighted by Crippen LogP contribution is 2.53. The highest BCUT2D eigenvalue weighted by molar-refractivity contribution is 5.94. The minimum atomic E-state index is -4.38. The molecule has 3 N–H and O–H groups in total. The fourth-order valence-corrected chi connectivity index (χ4v) is 6.59. The first kappa shape index (κ1) is 26.5. The Hall–Kier alpha value is -3.06. The number of aryl methyl sites for hydroxylation is 1. The van der Waals surface area contributed by atoms with E-state index < -0.39 is 11.7 Å². The fourth-order valence-electron chi connectivity index (χ4n) is 6.59. The maximum atomic E-state index is 13.6. The largest absolute Gasteiger partial charge is 0.416 e. The molecule has 5 rings (SSSR count). The van der Waals surface area contributed by atoms with E-state index in [0.717, 1.165) is 36.1 Å². The highest BCUT2D eigenvalue weighted by Gasteiger charge is 2.47. The number of halogens is 3. The zero-order valence-corrected chi connectivity index (χ0v) is 21.8. The van der Waals surface area contributed by atoms with Crippen LogP contribution in [0.15, 0.2) is 66.8 Å². The third-order valence-corrected chi connectivity index (χ3v) is 8.44. The number of benzene rings is 2. The summed E-state index contributed by atoms with van der Waals surface area (Å²) in [6.07, 6.45) is 7.35. The molecule has 0 saturated heterocycles. The molecule has 2 aliphatic carbocycles. The van der Waals surface area contributed by atoms with Gasteiger partial charge in [0.25, 0.3) is 5.91 Å². The maximum absolute atomic E-state index is 13.6. The summed E-state index contributed by atoms with van der Waals surface area (Å²) in [5.41, 5.74) is 8.51. The molecule has 1 aliphatic heterocycles. The third kappa shape index (κ3) is 5.53. The number of nitrogens with two attached hydrogens (primary N) is 1. The molecule has 4 nitrogen and oxygen atoms in total. The third-order valence-electron chi connectivity index (χ3n) is 8.44. The number of amides is 1. The molecule has 1 unspecified atom stereocenters. The van der Waals surface area contributed by atoms with Gasteiger partial charge in [-0.2, -0.15) is 13.2 Å². The summed E-state index contributed by atoms with van der Waals surface area (Å²) in [6.45, 7) is 3.64. The van der Waals surface area contributed by atoms with Crippen molar-refractivity contribution in [3.05, 3.63) is 89.0 Å². The number of fused-ring (bicyclic) bond motifs is 3. The molecular formula is C31H36F3N3O. The zero-order valence-electron chi connectivity index (χ0n) is 21.8. The lowest BCUT2D eigenvalue weighted by Gasteiger charge is -2.41. The van der Waals surface area contributed by atoms with E-state index in [1.54, 1.807) is 6.07 Å². The van der Waals surface area contributed by atoms with Gasteiger partial charge in [0.2, 0.25) is 0 Å². The van der Waals surface area contributed by atoms with Gasteiger partial charge >= 0.3 is 6.18 Å². The Morgan fingerprint density at radius 3 is 2.58 bits per heavy atom. The van der Waals surface area contributed by atoms with E-state index in [2.05, 4.69) is 23.5 Å². The molecule has 0 spiro atoms. The van der Waals surface area contributed by atoms with Gasteiger partial charge in [0, 0.05) is 36.3 Å². The van der Waals surface area contributed by atoms with Crippen molar-refractivity contribution in [2.24, 2.45) is 23.5 Å². The summed E-state index contributed by atoms with van der Waals surface area (Å²) >= 11 is 0. The van der Waals surface area contributed by atoms with E-state index in [4.69, 9.17) is 5.73 Å². The van der Waals surface area contributed by atoms with E-state index in [-0.39, 0.29) is 35.6 Å². The molecule has 2 aromatic rings. The van der Waals surface area contributed by atoms with Crippen LogP contribution >= 0.6 is 0 Å². The molecule has 0 radical (unpaired) electrons. The van der Waals surface area contributed by atoms with Crippen LogP contribution in [0.1, 0.15) is 58.6 Å². The topological polar surface area (TPSA) is 58.4 Å². The van der Waals surface area contributed by atoms with Crippen LogP contribution in [0, 0.1) is 24.7 Å². The van der Waals surface area contributed by atoms with Crippen molar-refractivity contribution in [3.63, 3.8) is 0 Å². The molecule has 1 heterocycles. The number of hydrogen-bond acceptors (Lipinski definition) is 3. The number of anilines is 1. The number of rotatable bonds is 7. The summed E-state index contributed by atoms with van der Waals surface area (Å²) in [4.78, 5) is 15.4. The highest BCUT2D eigenvalue weighted by atomic mass is 19.4. The molecule has 3 aliphatic rings. The van der Waals surface area contributed by atoms with E-state index in [1.807, 2.05) is 42.2 Å².